The van der Waals surface area contributed by atoms with Crippen molar-refractivity contribution in [3.05, 3.63) is 99.3 Å². The molecule has 0 radical (unpaired) electrons. The number of para-hydroxylation sites is 1. The summed E-state index contributed by atoms with van der Waals surface area (Å²) in [6.07, 6.45) is -0.452. The zero-order chi connectivity index (χ0) is 21.5. The van der Waals surface area contributed by atoms with Crippen LogP contribution in [-0.2, 0) is 16.9 Å². The second-order valence-electron chi connectivity index (χ2n) is 7.12. The average molecular weight is 444 g/mol. The van der Waals surface area contributed by atoms with E-state index in [1.807, 2.05) is 0 Å². The van der Waals surface area contributed by atoms with Crippen molar-refractivity contribution in [3.8, 4) is 0 Å². The number of carbonyl (C=O) groups is 2. The van der Waals surface area contributed by atoms with Crippen molar-refractivity contribution < 1.29 is 19.1 Å². The van der Waals surface area contributed by atoms with Crippen molar-refractivity contribution in [2.24, 2.45) is 0 Å². The second kappa shape index (κ2) is 7.84. The molecule has 7 heteroatoms. The first-order valence-electron chi connectivity index (χ1n) is 9.16. The van der Waals surface area contributed by atoms with E-state index in [4.69, 9.17) is 23.2 Å². The summed E-state index contributed by atoms with van der Waals surface area (Å²) in [6, 6.07) is 16.8. The van der Waals surface area contributed by atoms with Gasteiger partial charge in [0.15, 0.2) is 11.4 Å². The van der Waals surface area contributed by atoms with Gasteiger partial charge in [0, 0.05) is 11.1 Å². The topological polar surface area (TPSA) is 57.6 Å². The Morgan fingerprint density at radius 2 is 1.70 bits per heavy atom. The second-order valence-corrected chi connectivity index (χ2v) is 7.94. The predicted octanol–water partition coefficient (Wildman–Crippen LogP) is 5.14. The molecule has 1 aliphatic rings. The molecule has 3 aromatic carbocycles. The third-order valence-corrected chi connectivity index (χ3v) is 5.89. The number of hydrogen-bond acceptors (Lipinski definition) is 3. The first kappa shape index (κ1) is 20.5. The van der Waals surface area contributed by atoms with Crippen LogP contribution < -0.4 is 4.90 Å². The minimum absolute atomic E-state index is 0.153. The Morgan fingerprint density at radius 1 is 1.00 bits per heavy atom. The summed E-state index contributed by atoms with van der Waals surface area (Å²) in [4.78, 5) is 27.4. The maximum Gasteiger partial charge on any atom is 0.264 e. The molecular weight excluding hydrogens is 428 g/mol. The quantitative estimate of drug-likeness (QED) is 0.555. The Morgan fingerprint density at radius 3 is 2.40 bits per heavy atom. The molecule has 0 bridgehead atoms. The number of rotatable bonds is 5. The summed E-state index contributed by atoms with van der Waals surface area (Å²) in [6.45, 7) is 0.153. The van der Waals surface area contributed by atoms with Gasteiger partial charge in [-0.2, -0.15) is 0 Å². The van der Waals surface area contributed by atoms with Crippen LogP contribution in [0.2, 0.25) is 10.0 Å². The van der Waals surface area contributed by atoms with Crippen molar-refractivity contribution in [1.82, 2.24) is 0 Å². The van der Waals surface area contributed by atoms with Gasteiger partial charge < -0.3 is 10.0 Å². The van der Waals surface area contributed by atoms with Gasteiger partial charge in [0.1, 0.15) is 5.82 Å². The molecule has 152 valence electrons. The summed E-state index contributed by atoms with van der Waals surface area (Å²) in [5, 5.41) is 12.1. The Bertz CT molecular complexity index is 1150. The Kier molecular flexibility index (Phi) is 5.36. The summed E-state index contributed by atoms with van der Waals surface area (Å²) in [5.74, 6) is -1.54. The number of ketones is 1. The van der Waals surface area contributed by atoms with E-state index in [0.717, 1.165) is 17.7 Å². The van der Waals surface area contributed by atoms with Crippen LogP contribution in [0.5, 0.6) is 0 Å². The molecule has 4 rings (SSSR count). The summed E-state index contributed by atoms with van der Waals surface area (Å²) < 4.78 is 13.2. The molecule has 0 fully saturated rings. The Hall–Kier alpha value is -2.73. The number of Topliss-reactive ketones (excluding diaryl/α,β-unsaturated/α-hetero) is 1. The minimum Gasteiger partial charge on any atom is -0.375 e. The van der Waals surface area contributed by atoms with Crippen molar-refractivity contribution in [2.45, 2.75) is 18.6 Å². The Balaban J connectivity index is 1.67. The van der Waals surface area contributed by atoms with Crippen LogP contribution in [0.1, 0.15) is 27.9 Å². The number of amides is 1. The number of benzene rings is 3. The van der Waals surface area contributed by atoms with Crippen LogP contribution >= 0.6 is 23.2 Å². The molecule has 30 heavy (non-hydrogen) atoms. The number of fused-ring (bicyclic) bond motifs is 1. The maximum atomic E-state index is 13.3. The highest BCUT2D eigenvalue weighted by atomic mass is 35.5. The lowest BCUT2D eigenvalue weighted by atomic mass is 9.88. The number of aliphatic hydroxyl groups is 1. The van der Waals surface area contributed by atoms with Crippen LogP contribution in [0.4, 0.5) is 10.1 Å². The molecule has 1 heterocycles. The molecule has 1 atom stereocenters. The summed E-state index contributed by atoms with van der Waals surface area (Å²) in [5.41, 5.74) is -0.202. The van der Waals surface area contributed by atoms with Gasteiger partial charge in [-0.25, -0.2) is 4.39 Å². The van der Waals surface area contributed by atoms with E-state index in [0.29, 0.717) is 21.3 Å². The van der Waals surface area contributed by atoms with Gasteiger partial charge in [-0.1, -0.05) is 47.5 Å². The Labute approximate surface area is 182 Å². The molecule has 1 amide bonds. The normalized spacial score (nSPS) is 17.9. The van der Waals surface area contributed by atoms with Crippen molar-refractivity contribution in [2.75, 3.05) is 4.90 Å². The monoisotopic (exact) mass is 443 g/mol. The molecule has 1 aliphatic heterocycles. The van der Waals surface area contributed by atoms with Gasteiger partial charge in [0.05, 0.1) is 28.7 Å². The molecule has 3 aromatic rings. The van der Waals surface area contributed by atoms with Gasteiger partial charge in [0.2, 0.25) is 0 Å². The van der Waals surface area contributed by atoms with Crippen LogP contribution in [0.3, 0.4) is 0 Å². The van der Waals surface area contributed by atoms with Crippen LogP contribution in [0.15, 0.2) is 66.7 Å². The molecule has 4 nitrogen and oxygen atoms in total. The van der Waals surface area contributed by atoms with E-state index < -0.39 is 29.5 Å². The van der Waals surface area contributed by atoms with Crippen LogP contribution in [0, 0.1) is 5.82 Å². The van der Waals surface area contributed by atoms with Crippen molar-refractivity contribution in [1.29, 1.82) is 0 Å². The highest BCUT2D eigenvalue weighted by molar-refractivity contribution is 6.42. The molecule has 0 saturated heterocycles. The lowest BCUT2D eigenvalue weighted by Gasteiger charge is -2.23. The third-order valence-electron chi connectivity index (χ3n) is 5.15. The van der Waals surface area contributed by atoms with Gasteiger partial charge >= 0.3 is 0 Å². The van der Waals surface area contributed by atoms with Crippen molar-refractivity contribution in [3.63, 3.8) is 0 Å². The van der Waals surface area contributed by atoms with Crippen LogP contribution in [-0.4, -0.2) is 16.8 Å². The predicted molar refractivity (Wildman–Crippen MR) is 113 cm³/mol. The standard InChI is InChI=1S/C23H16Cl2FNO3/c24-18-10-5-14(11-19(18)25)13-27-20-4-2-1-3-17(20)23(30,22(27)29)12-21(28)15-6-8-16(26)9-7-15/h1-11,30H,12-13H2/t23-/m0/s1. The summed E-state index contributed by atoms with van der Waals surface area (Å²) in [7, 11) is 0. The fraction of sp³-hybridized carbons (Fsp3) is 0.130. The number of carbonyl (C=O) groups excluding carboxylic acids is 2. The number of halogens is 3. The first-order valence-corrected chi connectivity index (χ1v) is 9.92. The van der Waals surface area contributed by atoms with Crippen molar-refractivity contribution >= 4 is 40.6 Å². The van der Waals surface area contributed by atoms with E-state index in [1.165, 1.54) is 17.0 Å². The minimum atomic E-state index is -2.02. The van der Waals surface area contributed by atoms with Crippen LogP contribution in [0.25, 0.3) is 0 Å². The van der Waals surface area contributed by atoms with E-state index in [-0.39, 0.29) is 12.1 Å². The van der Waals surface area contributed by atoms with E-state index in [1.54, 1.807) is 42.5 Å². The lowest BCUT2D eigenvalue weighted by molar-refractivity contribution is -0.136. The van der Waals surface area contributed by atoms with E-state index in [9.17, 15) is 19.1 Å². The largest absolute Gasteiger partial charge is 0.375 e. The molecular formula is C23H16Cl2FNO3. The van der Waals surface area contributed by atoms with Gasteiger partial charge in [0.25, 0.3) is 5.91 Å². The van der Waals surface area contributed by atoms with Gasteiger partial charge in [-0.3, -0.25) is 9.59 Å². The average Bonchev–Trinajstić information content (AvgIpc) is 2.93. The first-order chi connectivity index (χ1) is 14.3. The molecule has 1 N–H and O–H groups in total. The number of hydrogen-bond donors (Lipinski definition) is 1. The third kappa shape index (κ3) is 3.60. The fourth-order valence-electron chi connectivity index (χ4n) is 3.63. The SMILES string of the molecule is O=C(C[C@@]1(O)C(=O)N(Cc2ccc(Cl)c(Cl)c2)c2ccccc21)c1ccc(F)cc1. The lowest BCUT2D eigenvalue weighted by Crippen LogP contribution is -2.41. The van der Waals surface area contributed by atoms with E-state index in [2.05, 4.69) is 0 Å². The molecule has 0 unspecified atom stereocenters. The molecule has 0 spiro atoms. The molecule has 0 aromatic heterocycles. The number of nitrogens with zero attached hydrogens (tertiary/aromatic N) is 1. The molecule has 0 saturated carbocycles. The summed E-state index contributed by atoms with van der Waals surface area (Å²) >= 11 is 12.0. The zero-order valence-corrected chi connectivity index (χ0v) is 17.1. The van der Waals surface area contributed by atoms with Gasteiger partial charge in [-0.15, -0.1) is 0 Å². The zero-order valence-electron chi connectivity index (χ0n) is 15.6. The molecule has 0 aliphatic carbocycles. The maximum absolute atomic E-state index is 13.3. The van der Waals surface area contributed by atoms with Gasteiger partial charge in [-0.05, 0) is 48.0 Å². The number of anilines is 1. The highest BCUT2D eigenvalue weighted by Gasteiger charge is 2.50. The fourth-order valence-corrected chi connectivity index (χ4v) is 3.95. The highest BCUT2D eigenvalue weighted by Crippen LogP contribution is 2.43. The smallest absolute Gasteiger partial charge is 0.264 e. The van der Waals surface area contributed by atoms with E-state index >= 15 is 0 Å².